The molecule has 39 heavy (non-hydrogen) atoms. The molecule has 200 valence electrons. The molecular weight excluding hydrogens is 545 g/mol. The van der Waals surface area contributed by atoms with E-state index in [9.17, 15) is 18.0 Å². The van der Waals surface area contributed by atoms with Crippen LogP contribution in [0.1, 0.15) is 23.6 Å². The smallest absolute Gasteiger partial charge is 0.416 e. The summed E-state index contributed by atoms with van der Waals surface area (Å²) in [5.41, 5.74) is 3.77. The molecule has 1 unspecified atom stereocenters. The van der Waals surface area contributed by atoms with Crippen LogP contribution in [-0.4, -0.2) is 22.9 Å². The summed E-state index contributed by atoms with van der Waals surface area (Å²) in [6.45, 7) is 1.48. The van der Waals surface area contributed by atoms with E-state index in [1.54, 1.807) is 23.9 Å². The SMILES string of the molecule is CC(Oc1ccc(SCC=C(c2ccc(Cl)cc2)c2ccc(-c3ccc(C(F)(F)F)cc3)cc2)cc1)C(=O)O. The van der Waals surface area contributed by atoms with E-state index in [1.807, 2.05) is 60.7 Å². The van der Waals surface area contributed by atoms with Crippen LogP contribution in [0.15, 0.2) is 108 Å². The van der Waals surface area contributed by atoms with Crippen LogP contribution < -0.4 is 4.74 Å². The molecule has 0 aromatic heterocycles. The van der Waals surface area contributed by atoms with Gasteiger partial charge in [0.05, 0.1) is 5.56 Å². The summed E-state index contributed by atoms with van der Waals surface area (Å²) in [4.78, 5) is 12.0. The van der Waals surface area contributed by atoms with E-state index in [0.717, 1.165) is 39.3 Å². The van der Waals surface area contributed by atoms with Gasteiger partial charge < -0.3 is 9.84 Å². The van der Waals surface area contributed by atoms with E-state index < -0.39 is 23.8 Å². The van der Waals surface area contributed by atoms with Crippen molar-refractivity contribution in [2.45, 2.75) is 24.1 Å². The van der Waals surface area contributed by atoms with E-state index in [2.05, 4.69) is 6.08 Å². The van der Waals surface area contributed by atoms with Crippen LogP contribution in [0.25, 0.3) is 16.7 Å². The van der Waals surface area contributed by atoms with Crippen LogP contribution in [0.4, 0.5) is 13.2 Å². The second-order valence-electron chi connectivity index (χ2n) is 8.66. The lowest BCUT2D eigenvalue weighted by molar-refractivity contribution is -0.144. The average Bonchev–Trinajstić information content (AvgIpc) is 2.92. The van der Waals surface area contributed by atoms with Gasteiger partial charge in [-0.3, -0.25) is 0 Å². The first kappa shape index (κ1) is 28.3. The summed E-state index contributed by atoms with van der Waals surface area (Å²) in [6, 6.07) is 27.6. The predicted molar refractivity (Wildman–Crippen MR) is 150 cm³/mol. The highest BCUT2D eigenvalue weighted by molar-refractivity contribution is 7.99. The molecule has 0 heterocycles. The fraction of sp³-hybridized carbons (Fsp3) is 0.129. The molecule has 0 aliphatic heterocycles. The third kappa shape index (κ3) is 7.68. The Kier molecular flexibility index (Phi) is 9.04. The molecule has 0 radical (unpaired) electrons. The zero-order chi connectivity index (χ0) is 28.0. The number of thioether (sulfide) groups is 1. The zero-order valence-corrected chi connectivity index (χ0v) is 22.4. The summed E-state index contributed by atoms with van der Waals surface area (Å²) in [5.74, 6) is 0.116. The first-order valence-corrected chi connectivity index (χ1v) is 13.3. The normalized spacial score (nSPS) is 12.7. The number of carboxylic acid groups (broad SMARTS) is 1. The van der Waals surface area contributed by atoms with Gasteiger partial charge in [-0.15, -0.1) is 11.8 Å². The maximum Gasteiger partial charge on any atom is 0.416 e. The fourth-order valence-corrected chi connectivity index (χ4v) is 4.71. The Morgan fingerprint density at radius 3 is 1.90 bits per heavy atom. The highest BCUT2D eigenvalue weighted by Crippen LogP contribution is 2.32. The molecule has 1 atom stereocenters. The van der Waals surface area contributed by atoms with Crippen LogP contribution in [0.2, 0.25) is 5.02 Å². The summed E-state index contributed by atoms with van der Waals surface area (Å²) >= 11 is 7.71. The average molecular weight is 569 g/mol. The number of ether oxygens (including phenoxy) is 1. The molecule has 3 nitrogen and oxygen atoms in total. The van der Waals surface area contributed by atoms with Crippen LogP contribution in [0, 0.1) is 0 Å². The third-order valence-corrected chi connectivity index (χ3v) is 7.11. The molecule has 0 aliphatic carbocycles. The Hall–Kier alpha value is -3.68. The van der Waals surface area contributed by atoms with Gasteiger partial charge in [-0.2, -0.15) is 13.2 Å². The minimum absolute atomic E-state index is 0.486. The molecule has 0 aliphatic rings. The predicted octanol–water partition coefficient (Wildman–Crippen LogP) is 9.10. The lowest BCUT2D eigenvalue weighted by Gasteiger charge is -2.12. The second-order valence-corrected chi connectivity index (χ2v) is 10.2. The number of carbonyl (C=O) groups is 1. The molecule has 1 N–H and O–H groups in total. The number of aliphatic carboxylic acids is 1. The van der Waals surface area contributed by atoms with Gasteiger partial charge in [0.15, 0.2) is 6.10 Å². The molecule has 0 fully saturated rings. The third-order valence-electron chi connectivity index (χ3n) is 5.92. The molecule has 4 aromatic carbocycles. The van der Waals surface area contributed by atoms with Gasteiger partial charge in [0.25, 0.3) is 0 Å². The van der Waals surface area contributed by atoms with Gasteiger partial charge >= 0.3 is 12.1 Å². The molecule has 0 saturated carbocycles. The lowest BCUT2D eigenvalue weighted by atomic mass is 9.95. The molecule has 0 amide bonds. The van der Waals surface area contributed by atoms with Gasteiger partial charge in [0, 0.05) is 15.7 Å². The lowest BCUT2D eigenvalue weighted by Crippen LogP contribution is -2.22. The summed E-state index contributed by atoms with van der Waals surface area (Å²) < 4.78 is 44.1. The Balaban J connectivity index is 1.52. The standard InChI is InChI=1S/C31H24ClF3O3S/c1-20(30(36)37)38-27-14-16-28(17-15-27)39-19-18-29(24-8-12-26(32)13-9-24)23-4-2-21(3-5-23)22-6-10-25(11-7-22)31(33,34)35/h2-18,20H,19H2,1H3,(H,36,37). The number of benzene rings is 4. The van der Waals surface area contributed by atoms with Crippen LogP contribution in [0.3, 0.4) is 0 Å². The molecular formula is C31H24ClF3O3S. The number of carboxylic acids is 1. The van der Waals surface area contributed by atoms with E-state index in [0.29, 0.717) is 22.1 Å². The van der Waals surface area contributed by atoms with E-state index >= 15 is 0 Å². The summed E-state index contributed by atoms with van der Waals surface area (Å²) in [6.07, 6.45) is -3.19. The van der Waals surface area contributed by atoms with Gasteiger partial charge in [-0.05, 0) is 83.3 Å². The van der Waals surface area contributed by atoms with Crippen molar-refractivity contribution in [2.75, 3.05) is 5.75 Å². The monoisotopic (exact) mass is 568 g/mol. The van der Waals surface area contributed by atoms with Gasteiger partial charge in [-0.1, -0.05) is 66.2 Å². The van der Waals surface area contributed by atoms with Crippen molar-refractivity contribution in [2.24, 2.45) is 0 Å². The number of hydrogen-bond acceptors (Lipinski definition) is 3. The quantitative estimate of drug-likeness (QED) is 0.205. The fourth-order valence-electron chi connectivity index (χ4n) is 3.82. The Morgan fingerprint density at radius 1 is 0.872 bits per heavy atom. The maximum atomic E-state index is 12.9. The Morgan fingerprint density at radius 2 is 1.38 bits per heavy atom. The first-order chi connectivity index (χ1) is 18.6. The molecule has 4 aromatic rings. The highest BCUT2D eigenvalue weighted by atomic mass is 35.5. The topological polar surface area (TPSA) is 46.5 Å². The van der Waals surface area contributed by atoms with Crippen molar-refractivity contribution in [1.29, 1.82) is 0 Å². The summed E-state index contributed by atoms with van der Waals surface area (Å²) in [5, 5.41) is 9.63. The molecule has 4 rings (SSSR count). The highest BCUT2D eigenvalue weighted by Gasteiger charge is 2.29. The number of alkyl halides is 3. The van der Waals surface area contributed by atoms with Crippen LogP contribution >= 0.6 is 23.4 Å². The van der Waals surface area contributed by atoms with Gasteiger partial charge in [0.2, 0.25) is 0 Å². The van der Waals surface area contributed by atoms with E-state index in [-0.39, 0.29) is 0 Å². The van der Waals surface area contributed by atoms with Crippen LogP contribution in [-0.2, 0) is 11.0 Å². The van der Waals surface area contributed by atoms with Crippen molar-refractivity contribution in [3.8, 4) is 16.9 Å². The minimum atomic E-state index is -4.37. The van der Waals surface area contributed by atoms with Crippen molar-refractivity contribution in [3.63, 3.8) is 0 Å². The second kappa shape index (κ2) is 12.5. The Bertz CT molecular complexity index is 1430. The minimum Gasteiger partial charge on any atom is -0.479 e. The van der Waals surface area contributed by atoms with E-state index in [4.69, 9.17) is 21.4 Å². The molecule has 0 spiro atoms. The largest absolute Gasteiger partial charge is 0.479 e. The number of hydrogen-bond donors (Lipinski definition) is 1. The summed E-state index contributed by atoms with van der Waals surface area (Å²) in [7, 11) is 0. The van der Waals surface area contributed by atoms with Gasteiger partial charge in [0.1, 0.15) is 5.75 Å². The molecule has 8 heteroatoms. The molecule has 0 bridgehead atoms. The number of rotatable bonds is 9. The molecule has 0 saturated heterocycles. The Labute approximate surface area is 233 Å². The van der Waals surface area contributed by atoms with Crippen molar-refractivity contribution in [1.82, 2.24) is 0 Å². The first-order valence-electron chi connectivity index (χ1n) is 12.0. The van der Waals surface area contributed by atoms with Crippen molar-refractivity contribution < 1.29 is 27.8 Å². The van der Waals surface area contributed by atoms with Gasteiger partial charge in [-0.25, -0.2) is 4.79 Å². The maximum absolute atomic E-state index is 12.9. The zero-order valence-electron chi connectivity index (χ0n) is 20.8. The number of halogens is 4. The van der Waals surface area contributed by atoms with E-state index in [1.165, 1.54) is 19.1 Å². The van der Waals surface area contributed by atoms with Crippen molar-refractivity contribution >= 4 is 34.9 Å². The van der Waals surface area contributed by atoms with Crippen LogP contribution in [0.5, 0.6) is 5.75 Å². The van der Waals surface area contributed by atoms with Crippen molar-refractivity contribution in [3.05, 3.63) is 125 Å².